The third-order valence-electron chi connectivity index (χ3n) is 5.93. The summed E-state index contributed by atoms with van der Waals surface area (Å²) in [5.41, 5.74) is 2.99. The second kappa shape index (κ2) is 9.35. The maximum Gasteiger partial charge on any atom is 0.270 e. The van der Waals surface area contributed by atoms with Crippen molar-refractivity contribution in [3.05, 3.63) is 69.3 Å². The summed E-state index contributed by atoms with van der Waals surface area (Å²) in [6.07, 6.45) is 4.90. The van der Waals surface area contributed by atoms with Crippen molar-refractivity contribution in [1.82, 2.24) is 30.2 Å². The lowest BCUT2D eigenvalue weighted by molar-refractivity contribution is 0.0945. The molecule has 1 aliphatic heterocycles. The number of aromatic nitrogens is 5. The minimum atomic E-state index is -0.334. The number of aryl methyl sites for hydroxylation is 2. The van der Waals surface area contributed by atoms with Crippen LogP contribution < -0.4 is 20.7 Å². The van der Waals surface area contributed by atoms with E-state index in [4.69, 9.17) is 0 Å². The maximum absolute atomic E-state index is 12.9. The Morgan fingerprint density at radius 3 is 2.61 bits per heavy atom. The third kappa shape index (κ3) is 4.69. The van der Waals surface area contributed by atoms with Gasteiger partial charge in [-0.25, -0.2) is 19.9 Å². The number of rotatable bonds is 5. The molecule has 1 amide bonds. The quantitative estimate of drug-likeness (QED) is 0.603. The van der Waals surface area contributed by atoms with Gasteiger partial charge in [-0.05, 0) is 45.4 Å². The fourth-order valence-electron chi connectivity index (χ4n) is 4.22. The lowest BCUT2D eigenvalue weighted by Gasteiger charge is -2.41. The molecule has 10 nitrogen and oxygen atoms in total. The number of carbonyl (C=O) groups is 1. The number of aromatic amines is 1. The Balaban J connectivity index is 1.49. The number of H-pyrrole nitrogens is 1. The second-order valence-corrected chi connectivity index (χ2v) is 8.33. The summed E-state index contributed by atoms with van der Waals surface area (Å²) >= 11 is 0. The van der Waals surface area contributed by atoms with Crippen LogP contribution in [0.2, 0.25) is 0 Å². The number of nitrogens with zero attached hydrogens (tertiary/aromatic N) is 6. The number of hydrogen-bond acceptors (Lipinski definition) is 8. The van der Waals surface area contributed by atoms with Gasteiger partial charge in [0.25, 0.3) is 11.5 Å². The first-order valence-corrected chi connectivity index (χ1v) is 10.9. The second-order valence-electron chi connectivity index (χ2n) is 8.33. The fourth-order valence-corrected chi connectivity index (χ4v) is 4.22. The van der Waals surface area contributed by atoms with Gasteiger partial charge in [0.05, 0.1) is 0 Å². The minimum absolute atomic E-state index is 0.130. The SMILES string of the molecule is Cc1cc(C)c(CNC(=O)c2ncnc(N3CCN(c4ncccn4)CC3C)c2C)c(=O)[nH]1. The van der Waals surface area contributed by atoms with Gasteiger partial charge in [-0.3, -0.25) is 9.59 Å². The van der Waals surface area contributed by atoms with Crippen LogP contribution in [-0.4, -0.2) is 56.5 Å². The van der Waals surface area contributed by atoms with E-state index >= 15 is 0 Å². The van der Waals surface area contributed by atoms with Crippen LogP contribution >= 0.6 is 0 Å². The Hall–Kier alpha value is -3.82. The Morgan fingerprint density at radius 1 is 1.15 bits per heavy atom. The van der Waals surface area contributed by atoms with Crippen LogP contribution in [0.15, 0.2) is 35.6 Å². The molecule has 0 bridgehead atoms. The highest BCUT2D eigenvalue weighted by Gasteiger charge is 2.28. The first-order chi connectivity index (χ1) is 15.8. The molecule has 2 N–H and O–H groups in total. The van der Waals surface area contributed by atoms with Gasteiger partial charge in [0.1, 0.15) is 17.8 Å². The highest BCUT2D eigenvalue weighted by atomic mass is 16.2. The lowest BCUT2D eigenvalue weighted by Crippen LogP contribution is -2.53. The molecule has 4 heterocycles. The molecular weight excluding hydrogens is 420 g/mol. The molecule has 33 heavy (non-hydrogen) atoms. The van der Waals surface area contributed by atoms with Crippen molar-refractivity contribution >= 4 is 17.7 Å². The lowest BCUT2D eigenvalue weighted by atomic mass is 10.1. The first kappa shape index (κ1) is 22.4. The van der Waals surface area contributed by atoms with Crippen LogP contribution in [0.1, 0.15) is 39.8 Å². The highest BCUT2D eigenvalue weighted by molar-refractivity contribution is 5.94. The van der Waals surface area contributed by atoms with Crippen molar-refractivity contribution in [2.24, 2.45) is 0 Å². The Kier molecular flexibility index (Phi) is 6.34. The van der Waals surface area contributed by atoms with E-state index in [0.29, 0.717) is 22.8 Å². The molecule has 3 aromatic heterocycles. The van der Waals surface area contributed by atoms with Gasteiger partial charge < -0.3 is 20.1 Å². The molecule has 0 aliphatic carbocycles. The van der Waals surface area contributed by atoms with E-state index in [1.165, 1.54) is 6.33 Å². The van der Waals surface area contributed by atoms with E-state index in [2.05, 4.69) is 47.0 Å². The average Bonchev–Trinajstić information content (AvgIpc) is 2.79. The van der Waals surface area contributed by atoms with Crippen molar-refractivity contribution in [2.45, 2.75) is 40.3 Å². The van der Waals surface area contributed by atoms with Crippen LogP contribution in [0.3, 0.4) is 0 Å². The predicted molar refractivity (Wildman–Crippen MR) is 126 cm³/mol. The molecule has 1 saturated heterocycles. The van der Waals surface area contributed by atoms with Gasteiger partial charge in [0.2, 0.25) is 5.95 Å². The van der Waals surface area contributed by atoms with Crippen molar-refractivity contribution in [3.8, 4) is 0 Å². The molecule has 0 spiro atoms. The van der Waals surface area contributed by atoms with Crippen molar-refractivity contribution < 1.29 is 4.79 Å². The van der Waals surface area contributed by atoms with Gasteiger partial charge >= 0.3 is 0 Å². The standard InChI is InChI=1S/C23H28N8O2/c1-14-10-15(2)29-21(32)18(14)11-26-22(33)19-17(4)20(28-13-27-19)31-9-8-30(12-16(31)3)23-24-6-5-7-25-23/h5-7,10,13,16H,8-9,11-12H2,1-4H3,(H,26,33)(H,29,32). The molecule has 0 radical (unpaired) electrons. The molecule has 0 aromatic carbocycles. The molecule has 3 aromatic rings. The largest absolute Gasteiger partial charge is 0.350 e. The van der Waals surface area contributed by atoms with Crippen molar-refractivity contribution in [3.63, 3.8) is 0 Å². The zero-order chi connectivity index (χ0) is 23.5. The molecule has 10 heteroatoms. The van der Waals surface area contributed by atoms with Crippen LogP contribution in [0.4, 0.5) is 11.8 Å². The summed E-state index contributed by atoms with van der Waals surface area (Å²) in [5.74, 6) is 1.12. The van der Waals surface area contributed by atoms with Crippen molar-refractivity contribution in [2.75, 3.05) is 29.4 Å². The first-order valence-electron chi connectivity index (χ1n) is 10.9. The summed E-state index contributed by atoms with van der Waals surface area (Å²) in [5, 5.41) is 2.83. The number of anilines is 2. The van der Waals surface area contributed by atoms with Crippen LogP contribution in [0.5, 0.6) is 0 Å². The zero-order valence-corrected chi connectivity index (χ0v) is 19.3. The normalized spacial score (nSPS) is 16.1. The molecule has 172 valence electrons. The molecule has 4 rings (SSSR count). The smallest absolute Gasteiger partial charge is 0.270 e. The van der Waals surface area contributed by atoms with E-state index in [1.54, 1.807) is 18.5 Å². The van der Waals surface area contributed by atoms with Crippen molar-refractivity contribution in [1.29, 1.82) is 0 Å². The monoisotopic (exact) mass is 448 g/mol. The van der Waals surface area contributed by atoms with Crippen LogP contribution in [-0.2, 0) is 6.54 Å². The number of carbonyl (C=O) groups excluding carboxylic acids is 1. The minimum Gasteiger partial charge on any atom is -0.350 e. The molecule has 1 fully saturated rings. The number of amides is 1. The zero-order valence-electron chi connectivity index (χ0n) is 19.3. The van der Waals surface area contributed by atoms with E-state index in [9.17, 15) is 9.59 Å². The summed E-state index contributed by atoms with van der Waals surface area (Å²) < 4.78 is 0. The summed E-state index contributed by atoms with van der Waals surface area (Å²) in [6, 6.07) is 3.83. The maximum atomic E-state index is 12.9. The van der Waals surface area contributed by atoms with E-state index in [-0.39, 0.29) is 24.1 Å². The molecule has 1 unspecified atom stereocenters. The average molecular weight is 449 g/mol. The van der Waals surface area contributed by atoms with Crippen LogP contribution in [0, 0.1) is 20.8 Å². The van der Waals surface area contributed by atoms with E-state index < -0.39 is 0 Å². The Bertz CT molecular complexity index is 1210. The fraction of sp³-hybridized carbons (Fsp3) is 0.391. The Labute approximate surface area is 192 Å². The number of nitrogens with one attached hydrogen (secondary N) is 2. The summed E-state index contributed by atoms with van der Waals surface area (Å²) in [7, 11) is 0. The van der Waals surface area contributed by atoms with Crippen LogP contribution in [0.25, 0.3) is 0 Å². The van der Waals surface area contributed by atoms with E-state index in [1.807, 2.05) is 26.8 Å². The molecule has 1 atom stereocenters. The van der Waals surface area contributed by atoms with Gasteiger partial charge in [0, 0.05) is 61.4 Å². The molecule has 0 saturated carbocycles. The number of hydrogen-bond donors (Lipinski definition) is 2. The Morgan fingerprint density at radius 2 is 1.91 bits per heavy atom. The molecule has 1 aliphatic rings. The summed E-state index contributed by atoms with van der Waals surface area (Å²) in [6.45, 7) is 9.99. The number of piperazine rings is 1. The number of pyridine rings is 1. The summed E-state index contributed by atoms with van der Waals surface area (Å²) in [4.78, 5) is 49.7. The van der Waals surface area contributed by atoms with Gasteiger partial charge in [-0.15, -0.1) is 0 Å². The topological polar surface area (TPSA) is 120 Å². The third-order valence-corrected chi connectivity index (χ3v) is 5.93. The van der Waals surface area contributed by atoms with Gasteiger partial charge in [-0.1, -0.05) is 0 Å². The van der Waals surface area contributed by atoms with Gasteiger partial charge in [0.15, 0.2) is 0 Å². The molecular formula is C23H28N8O2. The highest BCUT2D eigenvalue weighted by Crippen LogP contribution is 2.24. The predicted octanol–water partition coefficient (Wildman–Crippen LogP) is 1.53. The van der Waals surface area contributed by atoms with E-state index in [0.717, 1.165) is 36.7 Å². The van der Waals surface area contributed by atoms with Gasteiger partial charge in [-0.2, -0.15) is 0 Å².